The molecule has 2 N–H and O–H groups in total. The summed E-state index contributed by atoms with van der Waals surface area (Å²) >= 11 is 3.46. The first-order chi connectivity index (χ1) is 9.51. The van der Waals surface area contributed by atoms with Crippen LogP contribution in [-0.4, -0.2) is 11.1 Å². The number of benzene rings is 1. The van der Waals surface area contributed by atoms with Crippen LogP contribution in [0.5, 0.6) is 0 Å². The van der Waals surface area contributed by atoms with E-state index in [0.29, 0.717) is 5.76 Å². The number of anilines is 1. The predicted molar refractivity (Wildman–Crippen MR) is 81.2 cm³/mol. The van der Waals surface area contributed by atoms with Gasteiger partial charge in [-0.1, -0.05) is 22.9 Å². The summed E-state index contributed by atoms with van der Waals surface area (Å²) in [7, 11) is 0. The molecule has 0 aliphatic heterocycles. The van der Waals surface area contributed by atoms with Gasteiger partial charge in [0.05, 0.1) is 6.04 Å². The van der Waals surface area contributed by atoms with Crippen molar-refractivity contribution in [2.24, 2.45) is 0 Å². The average Bonchev–Trinajstić information content (AvgIpc) is 2.90. The summed E-state index contributed by atoms with van der Waals surface area (Å²) in [5, 5.41) is 12.2. The Bertz CT molecular complexity index is 621. The van der Waals surface area contributed by atoms with Crippen LogP contribution in [0.1, 0.15) is 41.8 Å². The minimum absolute atomic E-state index is 0.0415. The molecular formula is C15H16BrNO3. The summed E-state index contributed by atoms with van der Waals surface area (Å²) in [6.45, 7) is 4.03. The summed E-state index contributed by atoms with van der Waals surface area (Å²) in [5.74, 6) is -0.492. The molecule has 1 aromatic carbocycles. The molecule has 0 fully saturated rings. The van der Waals surface area contributed by atoms with Gasteiger partial charge in [-0.15, -0.1) is 0 Å². The molecule has 0 saturated carbocycles. The molecule has 1 aromatic heterocycles. The topological polar surface area (TPSA) is 62.5 Å². The molecule has 4 nitrogen and oxygen atoms in total. The molecule has 2 aromatic rings. The van der Waals surface area contributed by atoms with Crippen molar-refractivity contribution in [2.75, 3.05) is 5.32 Å². The van der Waals surface area contributed by atoms with E-state index in [9.17, 15) is 4.79 Å². The van der Waals surface area contributed by atoms with Crippen LogP contribution in [-0.2, 0) is 6.42 Å². The van der Waals surface area contributed by atoms with Gasteiger partial charge in [-0.3, -0.25) is 0 Å². The van der Waals surface area contributed by atoms with E-state index < -0.39 is 5.97 Å². The van der Waals surface area contributed by atoms with Gasteiger partial charge in [0.1, 0.15) is 5.76 Å². The Morgan fingerprint density at radius 2 is 2.15 bits per heavy atom. The fourth-order valence-electron chi connectivity index (χ4n) is 2.00. The zero-order valence-electron chi connectivity index (χ0n) is 11.3. The zero-order chi connectivity index (χ0) is 14.7. The van der Waals surface area contributed by atoms with Crippen molar-refractivity contribution in [1.29, 1.82) is 0 Å². The number of furan rings is 1. The van der Waals surface area contributed by atoms with Gasteiger partial charge in [0.25, 0.3) is 0 Å². The third kappa shape index (κ3) is 3.22. The molecule has 20 heavy (non-hydrogen) atoms. The first-order valence-electron chi connectivity index (χ1n) is 6.39. The molecule has 106 valence electrons. The monoisotopic (exact) mass is 337 g/mol. The molecule has 0 bridgehead atoms. The Labute approximate surface area is 125 Å². The molecule has 0 spiro atoms. The molecule has 1 atom stereocenters. The van der Waals surface area contributed by atoms with E-state index in [1.54, 1.807) is 6.07 Å². The molecule has 1 unspecified atom stereocenters. The van der Waals surface area contributed by atoms with Gasteiger partial charge in [-0.05, 0) is 49.2 Å². The molecule has 0 aliphatic carbocycles. The molecule has 0 amide bonds. The van der Waals surface area contributed by atoms with Crippen molar-refractivity contribution in [2.45, 2.75) is 26.3 Å². The lowest BCUT2D eigenvalue weighted by Gasteiger charge is -2.16. The van der Waals surface area contributed by atoms with E-state index in [1.165, 1.54) is 11.6 Å². The van der Waals surface area contributed by atoms with Crippen molar-refractivity contribution in [1.82, 2.24) is 0 Å². The molecule has 0 radical (unpaired) electrons. The normalized spacial score (nSPS) is 12.2. The SMILES string of the molecule is CCc1cc(Br)ccc1NC(C)c1ccc(C(=O)O)o1. The second kappa shape index (κ2) is 6.13. The Hall–Kier alpha value is -1.75. The first-order valence-corrected chi connectivity index (χ1v) is 7.18. The van der Waals surface area contributed by atoms with Crippen LogP contribution in [0.3, 0.4) is 0 Å². The van der Waals surface area contributed by atoms with Gasteiger partial charge >= 0.3 is 5.97 Å². The standard InChI is InChI=1S/C15H16BrNO3/c1-3-10-8-11(16)4-5-12(10)17-9(2)13-6-7-14(20-13)15(18)19/h4-9,17H,3H2,1-2H3,(H,18,19). The highest BCUT2D eigenvalue weighted by Gasteiger charge is 2.15. The van der Waals surface area contributed by atoms with Crippen LogP contribution in [0.15, 0.2) is 39.2 Å². The molecule has 0 aliphatic rings. The quantitative estimate of drug-likeness (QED) is 0.844. The average molecular weight is 338 g/mol. The van der Waals surface area contributed by atoms with Crippen LogP contribution in [0.2, 0.25) is 0 Å². The lowest BCUT2D eigenvalue weighted by Crippen LogP contribution is -2.07. The predicted octanol–water partition coefficient (Wildman–Crippen LogP) is 4.48. The van der Waals surface area contributed by atoms with Gasteiger partial charge < -0.3 is 14.8 Å². The summed E-state index contributed by atoms with van der Waals surface area (Å²) in [6.07, 6.45) is 0.910. The number of nitrogens with one attached hydrogen (secondary N) is 1. The van der Waals surface area contributed by atoms with Gasteiger partial charge in [0, 0.05) is 10.2 Å². The van der Waals surface area contributed by atoms with Crippen molar-refractivity contribution >= 4 is 27.6 Å². The van der Waals surface area contributed by atoms with Gasteiger partial charge in [0.15, 0.2) is 0 Å². The minimum atomic E-state index is -1.05. The largest absolute Gasteiger partial charge is 0.475 e. The number of rotatable bonds is 5. The molecule has 2 rings (SSSR count). The number of aromatic carboxylic acids is 1. The van der Waals surface area contributed by atoms with Crippen LogP contribution in [0.25, 0.3) is 0 Å². The number of halogens is 1. The second-order valence-corrected chi connectivity index (χ2v) is 5.44. The third-order valence-electron chi connectivity index (χ3n) is 3.08. The Balaban J connectivity index is 2.18. The van der Waals surface area contributed by atoms with Gasteiger partial charge in [-0.25, -0.2) is 4.79 Å². The van der Waals surface area contributed by atoms with E-state index in [4.69, 9.17) is 9.52 Å². The molecule has 1 heterocycles. The van der Waals surface area contributed by atoms with Crippen molar-refractivity contribution < 1.29 is 14.3 Å². The number of aryl methyl sites for hydroxylation is 1. The van der Waals surface area contributed by atoms with Crippen LogP contribution >= 0.6 is 15.9 Å². The van der Waals surface area contributed by atoms with Gasteiger partial charge in [-0.2, -0.15) is 0 Å². The first kappa shape index (κ1) is 14.7. The maximum atomic E-state index is 10.8. The maximum absolute atomic E-state index is 10.8. The van der Waals surface area contributed by atoms with Crippen LogP contribution < -0.4 is 5.32 Å². The maximum Gasteiger partial charge on any atom is 0.371 e. The molecule has 0 saturated heterocycles. The number of hydrogen-bond acceptors (Lipinski definition) is 3. The lowest BCUT2D eigenvalue weighted by molar-refractivity contribution is 0.0660. The number of carboxylic acids is 1. The van der Waals surface area contributed by atoms with E-state index >= 15 is 0 Å². The van der Waals surface area contributed by atoms with Crippen molar-refractivity contribution in [3.05, 3.63) is 51.9 Å². The van der Waals surface area contributed by atoms with E-state index in [-0.39, 0.29) is 11.8 Å². The van der Waals surface area contributed by atoms with E-state index in [1.807, 2.05) is 19.1 Å². The highest BCUT2D eigenvalue weighted by molar-refractivity contribution is 9.10. The molecular weight excluding hydrogens is 322 g/mol. The fraction of sp³-hybridized carbons (Fsp3) is 0.267. The summed E-state index contributed by atoms with van der Waals surface area (Å²) in [6, 6.07) is 9.10. The van der Waals surface area contributed by atoms with Crippen molar-refractivity contribution in [3.8, 4) is 0 Å². The minimum Gasteiger partial charge on any atom is -0.475 e. The van der Waals surface area contributed by atoms with E-state index in [2.05, 4.69) is 34.2 Å². The highest BCUT2D eigenvalue weighted by Crippen LogP contribution is 2.26. The third-order valence-corrected chi connectivity index (χ3v) is 3.58. The van der Waals surface area contributed by atoms with Crippen LogP contribution in [0.4, 0.5) is 5.69 Å². The number of carbonyl (C=O) groups is 1. The lowest BCUT2D eigenvalue weighted by atomic mass is 10.1. The highest BCUT2D eigenvalue weighted by atomic mass is 79.9. The number of hydrogen-bond donors (Lipinski definition) is 2. The van der Waals surface area contributed by atoms with E-state index in [0.717, 1.165) is 16.6 Å². The zero-order valence-corrected chi connectivity index (χ0v) is 12.9. The van der Waals surface area contributed by atoms with Crippen molar-refractivity contribution in [3.63, 3.8) is 0 Å². The Morgan fingerprint density at radius 1 is 1.40 bits per heavy atom. The van der Waals surface area contributed by atoms with Gasteiger partial charge in [0.2, 0.25) is 5.76 Å². The summed E-state index contributed by atoms with van der Waals surface area (Å²) in [4.78, 5) is 10.8. The molecule has 5 heteroatoms. The Morgan fingerprint density at radius 3 is 2.75 bits per heavy atom. The summed E-state index contributed by atoms with van der Waals surface area (Å²) in [5.41, 5.74) is 2.22. The summed E-state index contributed by atoms with van der Waals surface area (Å²) < 4.78 is 6.35. The van der Waals surface area contributed by atoms with Crippen LogP contribution in [0, 0.1) is 0 Å². The Kier molecular flexibility index (Phi) is 4.49. The second-order valence-electron chi connectivity index (χ2n) is 4.53. The fourth-order valence-corrected chi connectivity index (χ4v) is 2.41. The number of carboxylic acid groups (broad SMARTS) is 1. The smallest absolute Gasteiger partial charge is 0.371 e.